The van der Waals surface area contributed by atoms with E-state index in [-0.39, 0.29) is 18.3 Å². The molecule has 0 aliphatic carbocycles. The summed E-state index contributed by atoms with van der Waals surface area (Å²) in [6, 6.07) is 5.40. The van der Waals surface area contributed by atoms with Crippen LogP contribution in [0.2, 0.25) is 0 Å². The minimum Gasteiger partial charge on any atom is -0.358 e. The first-order valence-corrected chi connectivity index (χ1v) is 5.04. The van der Waals surface area contributed by atoms with Gasteiger partial charge in [-0.05, 0) is 18.3 Å². The summed E-state index contributed by atoms with van der Waals surface area (Å²) < 4.78 is 1.43. The van der Waals surface area contributed by atoms with Crippen molar-refractivity contribution in [2.75, 3.05) is 0 Å². The van der Waals surface area contributed by atoms with Crippen LogP contribution >= 0.6 is 0 Å². The highest BCUT2D eigenvalue weighted by molar-refractivity contribution is 5.21. The molecule has 0 bridgehead atoms. The van der Waals surface area contributed by atoms with E-state index in [0.29, 0.717) is 18.5 Å². The molecule has 0 saturated heterocycles. The monoisotopic (exact) mass is 233 g/mol. The van der Waals surface area contributed by atoms with Gasteiger partial charge in [0.2, 0.25) is 0 Å². The maximum Gasteiger partial charge on any atom is 0.390 e. The minimum atomic E-state index is -0.569. The van der Waals surface area contributed by atoms with Gasteiger partial charge in [-0.15, -0.1) is 0 Å². The van der Waals surface area contributed by atoms with E-state index < -0.39 is 4.92 Å². The third-order valence-corrected chi connectivity index (χ3v) is 2.34. The lowest BCUT2D eigenvalue weighted by Crippen LogP contribution is -2.11. The summed E-state index contributed by atoms with van der Waals surface area (Å²) in [4.78, 5) is 9.95. The Kier molecular flexibility index (Phi) is 4.18. The average molecular weight is 233 g/mol. The molecule has 0 aliphatic heterocycles. The summed E-state index contributed by atoms with van der Waals surface area (Å²) in [7, 11) is 0. The molecule has 0 unspecified atom stereocenters. The number of aromatic nitrogens is 2. The predicted octanol–water partition coefficient (Wildman–Crippen LogP) is 1.54. The Hall–Kier alpha value is -2.41. The molecule has 1 aromatic heterocycles. The van der Waals surface area contributed by atoms with Crippen molar-refractivity contribution in [2.45, 2.75) is 26.3 Å². The van der Waals surface area contributed by atoms with Crippen LogP contribution < -0.4 is 0 Å². The topological polar surface area (TPSA) is 109 Å². The highest BCUT2D eigenvalue weighted by Gasteiger charge is 2.18. The van der Waals surface area contributed by atoms with Crippen molar-refractivity contribution in [3.05, 3.63) is 21.9 Å². The number of nitrogens with zero attached hydrogens (tertiary/aromatic N) is 5. The zero-order valence-electron chi connectivity index (χ0n) is 9.33. The first kappa shape index (κ1) is 12.7. The maximum atomic E-state index is 10.5. The van der Waals surface area contributed by atoms with Crippen LogP contribution in [0, 0.1) is 45.6 Å². The summed E-state index contributed by atoms with van der Waals surface area (Å²) in [5.74, 6) is -0.577. The van der Waals surface area contributed by atoms with Gasteiger partial charge in [0.05, 0.1) is 41.5 Å². The van der Waals surface area contributed by atoms with Crippen molar-refractivity contribution < 1.29 is 4.92 Å². The summed E-state index contributed by atoms with van der Waals surface area (Å²) in [6.07, 6.45) is 0.737. The van der Waals surface area contributed by atoms with Gasteiger partial charge in [-0.25, -0.2) is 0 Å². The van der Waals surface area contributed by atoms with Crippen LogP contribution in [0.3, 0.4) is 0 Å². The average Bonchev–Trinajstić information content (AvgIpc) is 2.66. The lowest BCUT2D eigenvalue weighted by molar-refractivity contribution is -0.389. The molecule has 0 fully saturated rings. The highest BCUT2D eigenvalue weighted by atomic mass is 16.6. The van der Waals surface area contributed by atoms with Crippen molar-refractivity contribution in [1.29, 1.82) is 10.5 Å². The Morgan fingerprint density at radius 3 is 2.82 bits per heavy atom. The number of aryl methyl sites for hydroxylation is 1. The predicted molar refractivity (Wildman–Crippen MR) is 57.6 cm³/mol. The fourth-order valence-electron chi connectivity index (χ4n) is 1.41. The van der Waals surface area contributed by atoms with E-state index in [1.54, 1.807) is 6.92 Å². The number of rotatable bonds is 5. The Labute approximate surface area is 98.0 Å². The van der Waals surface area contributed by atoms with Gasteiger partial charge in [0, 0.05) is 6.42 Å². The molecule has 7 heteroatoms. The molecule has 0 amide bonds. The highest BCUT2D eigenvalue weighted by Crippen LogP contribution is 2.14. The summed E-state index contributed by atoms with van der Waals surface area (Å²) in [5, 5.41) is 31.6. The van der Waals surface area contributed by atoms with Crippen molar-refractivity contribution >= 4 is 5.82 Å². The molecule has 0 spiro atoms. The second-order valence-electron chi connectivity index (χ2n) is 3.61. The van der Waals surface area contributed by atoms with Gasteiger partial charge in [-0.3, -0.25) is 0 Å². The Bertz CT molecular complexity index is 494. The Morgan fingerprint density at radius 2 is 2.35 bits per heavy atom. The first-order valence-electron chi connectivity index (χ1n) is 5.04. The molecule has 88 valence electrons. The van der Waals surface area contributed by atoms with Crippen molar-refractivity contribution in [2.24, 2.45) is 5.92 Å². The molecule has 1 heterocycles. The second-order valence-corrected chi connectivity index (χ2v) is 3.61. The third kappa shape index (κ3) is 3.28. The van der Waals surface area contributed by atoms with Crippen molar-refractivity contribution in [1.82, 2.24) is 9.78 Å². The molecule has 0 radical (unpaired) electrons. The Balaban J connectivity index is 2.77. The van der Waals surface area contributed by atoms with Crippen molar-refractivity contribution in [3.8, 4) is 12.1 Å². The molecule has 0 aliphatic rings. The molecule has 0 saturated carbocycles. The van der Waals surface area contributed by atoms with Gasteiger partial charge in [0.15, 0.2) is 0 Å². The lowest BCUT2D eigenvalue weighted by atomic mass is 10.1. The molecule has 1 rings (SSSR count). The molecule has 17 heavy (non-hydrogen) atoms. The van der Waals surface area contributed by atoms with E-state index in [4.69, 9.17) is 10.5 Å². The quantitative estimate of drug-likeness (QED) is 0.566. The van der Waals surface area contributed by atoms with Gasteiger partial charge in [-0.2, -0.15) is 15.2 Å². The van der Waals surface area contributed by atoms with E-state index in [2.05, 4.69) is 11.2 Å². The lowest BCUT2D eigenvalue weighted by Gasteiger charge is -2.04. The third-order valence-electron chi connectivity index (χ3n) is 2.34. The van der Waals surface area contributed by atoms with Gasteiger partial charge in [0.1, 0.15) is 0 Å². The number of hydrogen-bond acceptors (Lipinski definition) is 5. The van der Waals surface area contributed by atoms with Crippen LogP contribution in [-0.2, 0) is 6.54 Å². The molecular formula is C10H11N5O2. The van der Waals surface area contributed by atoms with Crippen LogP contribution in [0.25, 0.3) is 0 Å². The van der Waals surface area contributed by atoms with Gasteiger partial charge in [-0.1, -0.05) is 0 Å². The number of nitro groups is 1. The second kappa shape index (κ2) is 5.61. The Morgan fingerprint density at radius 1 is 1.65 bits per heavy atom. The summed E-state index contributed by atoms with van der Waals surface area (Å²) in [6.45, 7) is 1.97. The van der Waals surface area contributed by atoms with E-state index >= 15 is 0 Å². The van der Waals surface area contributed by atoms with E-state index in [0.717, 1.165) is 0 Å². The largest absolute Gasteiger partial charge is 0.390 e. The van der Waals surface area contributed by atoms with Crippen LogP contribution in [0.4, 0.5) is 5.82 Å². The zero-order valence-corrected chi connectivity index (χ0v) is 9.33. The minimum absolute atomic E-state index is 0.223. The molecule has 1 aromatic rings. The summed E-state index contributed by atoms with van der Waals surface area (Å²) >= 11 is 0. The van der Waals surface area contributed by atoms with E-state index in [1.807, 2.05) is 6.07 Å². The fourth-order valence-corrected chi connectivity index (χ4v) is 1.41. The van der Waals surface area contributed by atoms with Gasteiger partial charge < -0.3 is 10.1 Å². The molecule has 0 N–H and O–H groups in total. The SMILES string of the molecule is Cc1cc([N+](=O)[O-])nn1C[C@H](C#N)CCC#N. The van der Waals surface area contributed by atoms with Crippen LogP contribution in [0.1, 0.15) is 18.5 Å². The van der Waals surface area contributed by atoms with Crippen LogP contribution in [0.5, 0.6) is 0 Å². The van der Waals surface area contributed by atoms with E-state index in [9.17, 15) is 10.1 Å². The standard InChI is InChI=1S/C10H11N5O2/c1-8-5-10(15(16)17)13-14(8)7-9(6-12)3-2-4-11/h5,9H,2-3,7H2,1H3/t9-/m0/s1. The fraction of sp³-hybridized carbons (Fsp3) is 0.500. The maximum absolute atomic E-state index is 10.5. The van der Waals surface area contributed by atoms with E-state index in [1.165, 1.54) is 10.7 Å². The molecular weight excluding hydrogens is 222 g/mol. The molecule has 0 aromatic carbocycles. The molecule has 7 nitrogen and oxygen atoms in total. The van der Waals surface area contributed by atoms with Crippen molar-refractivity contribution in [3.63, 3.8) is 0 Å². The normalized spacial score (nSPS) is 11.5. The first-order chi connectivity index (χ1) is 8.08. The zero-order chi connectivity index (χ0) is 12.8. The number of hydrogen-bond donors (Lipinski definition) is 0. The van der Waals surface area contributed by atoms with Crippen LogP contribution in [-0.4, -0.2) is 14.7 Å². The molecule has 1 atom stereocenters. The summed E-state index contributed by atoms with van der Waals surface area (Å²) in [5.41, 5.74) is 0.633. The number of nitriles is 2. The van der Waals surface area contributed by atoms with Gasteiger partial charge >= 0.3 is 5.82 Å². The van der Waals surface area contributed by atoms with Gasteiger partial charge in [0.25, 0.3) is 0 Å². The smallest absolute Gasteiger partial charge is 0.358 e. The van der Waals surface area contributed by atoms with Crippen LogP contribution in [0.15, 0.2) is 6.07 Å².